The number of benzene rings is 1. The van der Waals surface area contributed by atoms with E-state index in [1.54, 1.807) is 12.1 Å². The number of methoxy groups -OCH3 is 1. The van der Waals surface area contributed by atoms with E-state index in [0.29, 0.717) is 29.8 Å². The van der Waals surface area contributed by atoms with Crippen molar-refractivity contribution in [3.8, 4) is 5.75 Å². The topological polar surface area (TPSA) is 142 Å². The van der Waals surface area contributed by atoms with E-state index in [1.807, 2.05) is 6.92 Å². The summed E-state index contributed by atoms with van der Waals surface area (Å²) in [6.07, 6.45) is 2.65. The summed E-state index contributed by atoms with van der Waals surface area (Å²) in [5.74, 6) is -1.76. The van der Waals surface area contributed by atoms with Crippen molar-refractivity contribution in [1.29, 1.82) is 0 Å². The minimum Gasteiger partial charge on any atom is -0.496 e. The molecule has 10 heteroatoms. The highest BCUT2D eigenvalue weighted by Gasteiger charge is 2.38. The van der Waals surface area contributed by atoms with E-state index in [2.05, 4.69) is 17.6 Å². The summed E-state index contributed by atoms with van der Waals surface area (Å²) < 4.78 is 32.2. The van der Waals surface area contributed by atoms with Gasteiger partial charge in [-0.2, -0.15) is 0 Å². The molecule has 0 radical (unpaired) electrons. The van der Waals surface area contributed by atoms with Crippen LogP contribution >= 0.6 is 0 Å². The molecular formula is C22H34N2O7S. The third-order valence-electron chi connectivity index (χ3n) is 6.03. The predicted octanol–water partition coefficient (Wildman–Crippen LogP) is 2.32. The van der Waals surface area contributed by atoms with Gasteiger partial charge >= 0.3 is 11.9 Å². The van der Waals surface area contributed by atoms with Gasteiger partial charge in [0.15, 0.2) is 9.84 Å². The molecule has 1 aliphatic heterocycles. The maximum Gasteiger partial charge on any atom is 0.304 e. The first-order valence-electron chi connectivity index (χ1n) is 10.9. The lowest BCUT2D eigenvalue weighted by molar-refractivity contribution is -0.139. The Kier molecular flexibility index (Phi) is 9.06. The van der Waals surface area contributed by atoms with Crippen LogP contribution in [0.25, 0.3) is 0 Å². The molecule has 0 bridgehead atoms. The van der Waals surface area contributed by atoms with E-state index in [0.717, 1.165) is 19.3 Å². The Morgan fingerprint density at radius 2 is 1.88 bits per heavy atom. The number of carbonyl (C=O) groups is 2. The van der Waals surface area contributed by atoms with Gasteiger partial charge in [0, 0.05) is 30.2 Å². The molecule has 0 fully saturated rings. The van der Waals surface area contributed by atoms with Gasteiger partial charge in [-0.3, -0.25) is 9.59 Å². The zero-order valence-electron chi connectivity index (χ0n) is 18.9. The Balaban J connectivity index is 2.36. The first-order valence-corrected chi connectivity index (χ1v) is 12.6. The van der Waals surface area contributed by atoms with Crippen LogP contribution < -0.4 is 15.4 Å². The molecule has 1 aromatic carbocycles. The van der Waals surface area contributed by atoms with E-state index in [-0.39, 0.29) is 30.0 Å². The summed E-state index contributed by atoms with van der Waals surface area (Å²) in [7, 11) is -2.11. The molecule has 0 aromatic heterocycles. The van der Waals surface area contributed by atoms with Gasteiger partial charge < -0.3 is 25.6 Å². The number of carboxylic acids is 2. The quantitative estimate of drug-likeness (QED) is 0.362. The van der Waals surface area contributed by atoms with Crippen molar-refractivity contribution in [3.05, 3.63) is 23.3 Å². The van der Waals surface area contributed by atoms with Crippen molar-refractivity contribution in [1.82, 2.24) is 10.6 Å². The highest BCUT2D eigenvalue weighted by atomic mass is 32.2. The molecule has 1 aromatic rings. The molecule has 0 aliphatic carbocycles. The first-order chi connectivity index (χ1) is 15.1. The Morgan fingerprint density at radius 1 is 1.22 bits per heavy atom. The average molecular weight is 471 g/mol. The van der Waals surface area contributed by atoms with Crippen LogP contribution in [0.2, 0.25) is 0 Å². The second-order valence-electron chi connectivity index (χ2n) is 8.40. The van der Waals surface area contributed by atoms with Gasteiger partial charge in [-0.05, 0) is 30.5 Å². The first kappa shape index (κ1) is 26.1. The van der Waals surface area contributed by atoms with Crippen molar-refractivity contribution in [2.24, 2.45) is 0 Å². The van der Waals surface area contributed by atoms with Gasteiger partial charge in [0.05, 0.1) is 30.6 Å². The number of hydrogen-bond acceptors (Lipinski definition) is 7. The molecule has 9 nitrogen and oxygen atoms in total. The Bertz CT molecular complexity index is 916. The fourth-order valence-electron chi connectivity index (χ4n) is 4.15. The molecule has 1 heterocycles. The third-order valence-corrected chi connectivity index (χ3v) is 8.01. The minimum atomic E-state index is -3.59. The summed E-state index contributed by atoms with van der Waals surface area (Å²) in [6, 6.07) is 2.47. The second-order valence-corrected chi connectivity index (χ2v) is 10.4. The smallest absolute Gasteiger partial charge is 0.304 e. The summed E-state index contributed by atoms with van der Waals surface area (Å²) in [4.78, 5) is 22.4. The van der Waals surface area contributed by atoms with E-state index < -0.39 is 33.4 Å². The molecule has 0 spiro atoms. The molecule has 0 unspecified atom stereocenters. The summed E-state index contributed by atoms with van der Waals surface area (Å²) in [5, 5.41) is 24.5. The number of sulfone groups is 1. The fraction of sp³-hybridized carbons (Fsp3) is 0.636. The lowest BCUT2D eigenvalue weighted by atomic mass is 9.91. The Morgan fingerprint density at radius 3 is 2.41 bits per heavy atom. The molecule has 180 valence electrons. The highest BCUT2D eigenvalue weighted by molar-refractivity contribution is 7.91. The van der Waals surface area contributed by atoms with Gasteiger partial charge in [0.1, 0.15) is 5.75 Å². The maximum atomic E-state index is 13.4. The monoisotopic (exact) mass is 470 g/mol. The van der Waals surface area contributed by atoms with Crippen molar-refractivity contribution in [2.75, 3.05) is 12.9 Å². The molecule has 2 rings (SSSR count). The number of aliphatic carboxylic acids is 2. The largest absolute Gasteiger partial charge is 0.496 e. The van der Waals surface area contributed by atoms with Crippen LogP contribution in [0.15, 0.2) is 17.0 Å². The third kappa shape index (κ3) is 6.66. The van der Waals surface area contributed by atoms with Crippen molar-refractivity contribution >= 4 is 21.8 Å². The van der Waals surface area contributed by atoms with Crippen LogP contribution in [0.4, 0.5) is 0 Å². The lowest BCUT2D eigenvalue weighted by Crippen LogP contribution is -2.48. The van der Waals surface area contributed by atoms with Crippen LogP contribution in [0.3, 0.4) is 0 Å². The number of carboxylic acid groups (broad SMARTS) is 2. The number of fused-ring (bicyclic) bond motifs is 1. The van der Waals surface area contributed by atoms with Gasteiger partial charge in [0.2, 0.25) is 0 Å². The van der Waals surface area contributed by atoms with Crippen LogP contribution in [0, 0.1) is 0 Å². The van der Waals surface area contributed by atoms with Crippen LogP contribution in [0.1, 0.15) is 63.5 Å². The minimum absolute atomic E-state index is 0.00332. The van der Waals surface area contributed by atoms with E-state index in [9.17, 15) is 18.0 Å². The molecule has 1 aliphatic rings. The Hall–Kier alpha value is -2.17. The van der Waals surface area contributed by atoms with Gasteiger partial charge in [-0.1, -0.05) is 26.7 Å². The number of ether oxygens (including phenoxy) is 1. The molecule has 32 heavy (non-hydrogen) atoms. The van der Waals surface area contributed by atoms with E-state index in [1.165, 1.54) is 7.11 Å². The number of rotatable bonds is 12. The van der Waals surface area contributed by atoms with E-state index >= 15 is 0 Å². The van der Waals surface area contributed by atoms with Crippen molar-refractivity contribution in [2.45, 2.75) is 81.9 Å². The summed E-state index contributed by atoms with van der Waals surface area (Å²) >= 11 is 0. The zero-order chi connectivity index (χ0) is 23.9. The number of nitrogens with one attached hydrogen (secondary N) is 2. The number of unbranched alkanes of at least 4 members (excludes halogenated alkanes) is 1. The molecule has 0 saturated heterocycles. The molecule has 4 N–H and O–H groups in total. The zero-order valence-corrected chi connectivity index (χ0v) is 19.8. The normalized spacial score (nSPS) is 19.9. The SMILES string of the molecule is CCCC[C@]1(CC)CS(=O)(=O)c2cc(CNC(CC(=O)O)CC(=O)O)c(OC)cc2CN1. The molecule has 0 amide bonds. The van der Waals surface area contributed by atoms with E-state index in [4.69, 9.17) is 14.9 Å². The van der Waals surface area contributed by atoms with Crippen LogP contribution in [0.5, 0.6) is 5.75 Å². The summed E-state index contributed by atoms with van der Waals surface area (Å²) in [6.45, 7) is 4.56. The van der Waals surface area contributed by atoms with Crippen LogP contribution in [-0.4, -0.2) is 55.0 Å². The number of hydrogen-bond donors (Lipinski definition) is 4. The van der Waals surface area contributed by atoms with Gasteiger partial charge in [-0.15, -0.1) is 0 Å². The van der Waals surface area contributed by atoms with Gasteiger partial charge in [0.25, 0.3) is 0 Å². The van der Waals surface area contributed by atoms with Crippen molar-refractivity contribution in [3.63, 3.8) is 0 Å². The molecular weight excluding hydrogens is 436 g/mol. The molecule has 1 atom stereocenters. The highest BCUT2D eigenvalue weighted by Crippen LogP contribution is 2.34. The van der Waals surface area contributed by atoms with Crippen molar-refractivity contribution < 1.29 is 33.0 Å². The second kappa shape index (κ2) is 11.1. The molecule has 0 saturated carbocycles. The fourth-order valence-corrected chi connectivity index (χ4v) is 6.33. The average Bonchev–Trinajstić information content (AvgIpc) is 2.83. The standard InChI is InChI=1S/C22H34N2O7S/c1-4-6-7-22(5-2)14-32(29,30)19-9-15(18(31-3)8-16(19)13-24-22)12-23-17(10-20(25)26)11-21(27)28/h8-9,17,23-24H,4-7,10-14H2,1-3H3,(H,25,26)(H,27,28)/t22-/m1/s1. The maximum absolute atomic E-state index is 13.4. The van der Waals surface area contributed by atoms with Crippen LogP contribution in [-0.2, 0) is 32.5 Å². The van der Waals surface area contributed by atoms with Gasteiger partial charge in [-0.25, -0.2) is 8.42 Å². The lowest BCUT2D eigenvalue weighted by Gasteiger charge is -2.32. The predicted molar refractivity (Wildman–Crippen MR) is 120 cm³/mol. The Labute approximate surface area is 189 Å². The summed E-state index contributed by atoms with van der Waals surface area (Å²) in [5.41, 5.74) is 0.673.